The molecule has 0 aliphatic carbocycles. The van der Waals surface area contributed by atoms with Crippen molar-refractivity contribution in [2.75, 3.05) is 33.9 Å². The average Bonchev–Trinajstić information content (AvgIpc) is 2.80. The minimum Gasteiger partial charge on any atom is -0.497 e. The monoisotopic (exact) mass is 428 g/mol. The van der Waals surface area contributed by atoms with Crippen molar-refractivity contribution in [3.8, 4) is 17.2 Å². The summed E-state index contributed by atoms with van der Waals surface area (Å²) < 4.78 is 16.4. The molecular formula is C23H32N4O4. The Morgan fingerprint density at radius 1 is 0.968 bits per heavy atom. The third-order valence-corrected chi connectivity index (χ3v) is 4.33. The van der Waals surface area contributed by atoms with Gasteiger partial charge in [0, 0.05) is 13.1 Å². The topological polar surface area (TPSA) is 93.2 Å². The van der Waals surface area contributed by atoms with Crippen LogP contribution in [0.4, 0.5) is 0 Å². The second kappa shape index (κ2) is 13.0. The van der Waals surface area contributed by atoms with Crippen LogP contribution in [0.15, 0.2) is 53.5 Å². The maximum absolute atomic E-state index is 12.2. The summed E-state index contributed by atoms with van der Waals surface area (Å²) in [5, 5.41) is 9.19. The number of hydrogen-bond donors (Lipinski definition) is 3. The molecule has 2 aromatic rings. The summed E-state index contributed by atoms with van der Waals surface area (Å²) in [7, 11) is 3.23. The quantitative estimate of drug-likeness (QED) is 0.376. The Labute approximate surface area is 184 Å². The van der Waals surface area contributed by atoms with Crippen molar-refractivity contribution in [3.63, 3.8) is 0 Å². The zero-order valence-corrected chi connectivity index (χ0v) is 18.6. The molecule has 168 valence electrons. The summed E-state index contributed by atoms with van der Waals surface area (Å²) in [5.41, 5.74) is 0.991. The number of para-hydroxylation sites is 2. The van der Waals surface area contributed by atoms with Gasteiger partial charge in [-0.3, -0.25) is 4.79 Å². The lowest BCUT2D eigenvalue weighted by atomic mass is 10.2. The summed E-state index contributed by atoms with van der Waals surface area (Å²) in [6.07, 6.45) is -0.135. The number of nitrogens with zero attached hydrogens (tertiary/aromatic N) is 1. The number of carbonyl (C=O) groups is 1. The van der Waals surface area contributed by atoms with Crippen LogP contribution in [-0.2, 0) is 11.3 Å². The molecule has 8 nitrogen and oxygen atoms in total. The van der Waals surface area contributed by atoms with Crippen molar-refractivity contribution in [3.05, 3.63) is 54.1 Å². The lowest BCUT2D eigenvalue weighted by Gasteiger charge is -2.19. The SMILES string of the molecule is CCNC(=NCC(=O)NCc1ccc(OC)cc1)NCC(C)Oc1ccccc1OC. The van der Waals surface area contributed by atoms with Crippen molar-refractivity contribution >= 4 is 11.9 Å². The third kappa shape index (κ3) is 8.46. The Bertz CT molecular complexity index is 840. The number of aliphatic imine (C=N–C) groups is 1. The normalized spacial score (nSPS) is 11.9. The maximum atomic E-state index is 12.2. The number of benzene rings is 2. The van der Waals surface area contributed by atoms with Gasteiger partial charge in [0.15, 0.2) is 17.5 Å². The summed E-state index contributed by atoms with van der Waals surface area (Å²) in [4.78, 5) is 16.5. The molecule has 0 aromatic heterocycles. The summed E-state index contributed by atoms with van der Waals surface area (Å²) in [6.45, 7) is 5.57. The lowest BCUT2D eigenvalue weighted by Crippen LogP contribution is -2.42. The van der Waals surface area contributed by atoms with Gasteiger partial charge in [-0.1, -0.05) is 24.3 Å². The molecule has 1 amide bonds. The van der Waals surface area contributed by atoms with E-state index < -0.39 is 0 Å². The molecule has 8 heteroatoms. The van der Waals surface area contributed by atoms with E-state index in [1.807, 2.05) is 62.4 Å². The molecular weight excluding hydrogens is 396 g/mol. The number of carbonyl (C=O) groups excluding carboxylic acids is 1. The van der Waals surface area contributed by atoms with Crippen LogP contribution in [0, 0.1) is 0 Å². The Kier molecular flexibility index (Phi) is 10.0. The highest BCUT2D eigenvalue weighted by Gasteiger charge is 2.10. The van der Waals surface area contributed by atoms with Crippen molar-refractivity contribution in [1.29, 1.82) is 0 Å². The first-order valence-corrected chi connectivity index (χ1v) is 10.3. The first-order valence-electron chi connectivity index (χ1n) is 10.3. The Morgan fingerprint density at radius 2 is 1.68 bits per heavy atom. The van der Waals surface area contributed by atoms with Crippen LogP contribution in [0.3, 0.4) is 0 Å². The number of hydrogen-bond acceptors (Lipinski definition) is 5. The number of amides is 1. The Morgan fingerprint density at radius 3 is 2.32 bits per heavy atom. The molecule has 0 aliphatic heterocycles. The van der Waals surface area contributed by atoms with Gasteiger partial charge < -0.3 is 30.2 Å². The fraction of sp³-hybridized carbons (Fsp3) is 0.391. The van der Waals surface area contributed by atoms with E-state index >= 15 is 0 Å². The van der Waals surface area contributed by atoms with Gasteiger partial charge in [0.2, 0.25) is 5.91 Å². The summed E-state index contributed by atoms with van der Waals surface area (Å²) in [6, 6.07) is 15.1. The van der Waals surface area contributed by atoms with Crippen LogP contribution in [0.5, 0.6) is 17.2 Å². The minimum absolute atomic E-state index is 0.0211. The number of guanidine groups is 1. The lowest BCUT2D eigenvalue weighted by molar-refractivity contribution is -0.119. The van der Waals surface area contributed by atoms with E-state index in [9.17, 15) is 4.79 Å². The molecule has 0 heterocycles. The highest BCUT2D eigenvalue weighted by Crippen LogP contribution is 2.26. The molecule has 0 saturated heterocycles. The number of methoxy groups -OCH3 is 2. The third-order valence-electron chi connectivity index (χ3n) is 4.33. The van der Waals surface area contributed by atoms with Crippen LogP contribution in [-0.4, -0.2) is 51.8 Å². The molecule has 0 saturated carbocycles. The second-order valence-corrected chi connectivity index (χ2v) is 6.78. The number of ether oxygens (including phenoxy) is 3. The van der Waals surface area contributed by atoms with Gasteiger partial charge in [0.1, 0.15) is 18.4 Å². The Balaban J connectivity index is 1.80. The van der Waals surface area contributed by atoms with Crippen molar-refractivity contribution in [2.45, 2.75) is 26.5 Å². The molecule has 3 N–H and O–H groups in total. The van der Waals surface area contributed by atoms with E-state index in [0.29, 0.717) is 37.1 Å². The molecule has 2 aromatic carbocycles. The van der Waals surface area contributed by atoms with Gasteiger partial charge >= 0.3 is 0 Å². The number of rotatable bonds is 11. The fourth-order valence-electron chi connectivity index (χ4n) is 2.71. The first-order chi connectivity index (χ1) is 15.0. The predicted octanol–water partition coefficient (Wildman–Crippen LogP) is 2.34. The second-order valence-electron chi connectivity index (χ2n) is 6.78. The fourth-order valence-corrected chi connectivity index (χ4v) is 2.71. The van der Waals surface area contributed by atoms with E-state index in [2.05, 4.69) is 20.9 Å². The van der Waals surface area contributed by atoms with Gasteiger partial charge in [0.05, 0.1) is 20.8 Å². The van der Waals surface area contributed by atoms with Gasteiger partial charge in [0.25, 0.3) is 0 Å². The van der Waals surface area contributed by atoms with E-state index in [0.717, 1.165) is 11.3 Å². The molecule has 0 fully saturated rings. The first kappa shape index (κ1) is 23.9. The smallest absolute Gasteiger partial charge is 0.242 e. The molecule has 0 radical (unpaired) electrons. The largest absolute Gasteiger partial charge is 0.497 e. The van der Waals surface area contributed by atoms with Crippen molar-refractivity contribution in [1.82, 2.24) is 16.0 Å². The maximum Gasteiger partial charge on any atom is 0.242 e. The highest BCUT2D eigenvalue weighted by atomic mass is 16.5. The van der Waals surface area contributed by atoms with Crippen molar-refractivity contribution in [2.24, 2.45) is 4.99 Å². The molecule has 1 unspecified atom stereocenters. The molecule has 0 aliphatic rings. The van der Waals surface area contributed by atoms with Crippen LogP contribution in [0.2, 0.25) is 0 Å². The zero-order valence-electron chi connectivity index (χ0n) is 18.6. The van der Waals surface area contributed by atoms with Crippen LogP contribution in [0.25, 0.3) is 0 Å². The van der Waals surface area contributed by atoms with Crippen LogP contribution < -0.4 is 30.2 Å². The average molecular weight is 429 g/mol. The summed E-state index contributed by atoms with van der Waals surface area (Å²) in [5.74, 6) is 2.54. The highest BCUT2D eigenvalue weighted by molar-refractivity contribution is 5.84. The molecule has 0 bridgehead atoms. The molecule has 1 atom stereocenters. The van der Waals surface area contributed by atoms with Crippen molar-refractivity contribution < 1.29 is 19.0 Å². The molecule has 31 heavy (non-hydrogen) atoms. The zero-order chi connectivity index (χ0) is 22.5. The Hall–Kier alpha value is -3.42. The van der Waals surface area contributed by atoms with Crippen LogP contribution >= 0.6 is 0 Å². The van der Waals surface area contributed by atoms with Gasteiger partial charge in [-0.25, -0.2) is 4.99 Å². The van der Waals surface area contributed by atoms with Gasteiger partial charge in [-0.15, -0.1) is 0 Å². The van der Waals surface area contributed by atoms with Gasteiger partial charge in [-0.05, 0) is 43.7 Å². The van der Waals surface area contributed by atoms with E-state index in [1.54, 1.807) is 14.2 Å². The standard InChI is InChI=1S/C23H32N4O4/c1-5-24-23(26-14-17(2)31-21-9-7-6-8-20(21)30-4)27-16-22(28)25-15-18-10-12-19(29-3)13-11-18/h6-13,17H,5,14-16H2,1-4H3,(H,25,28)(H2,24,26,27). The van der Waals surface area contributed by atoms with E-state index in [-0.39, 0.29) is 18.6 Å². The van der Waals surface area contributed by atoms with E-state index in [4.69, 9.17) is 14.2 Å². The van der Waals surface area contributed by atoms with Crippen LogP contribution in [0.1, 0.15) is 19.4 Å². The number of nitrogens with one attached hydrogen (secondary N) is 3. The minimum atomic E-state index is -0.161. The molecule has 2 rings (SSSR count). The summed E-state index contributed by atoms with van der Waals surface area (Å²) >= 11 is 0. The van der Waals surface area contributed by atoms with E-state index in [1.165, 1.54) is 0 Å². The van der Waals surface area contributed by atoms with Gasteiger partial charge in [-0.2, -0.15) is 0 Å². The molecule has 0 spiro atoms. The predicted molar refractivity (Wildman–Crippen MR) is 122 cm³/mol.